The van der Waals surface area contributed by atoms with Crippen LogP contribution in [0.15, 0.2) is 24.5 Å². The number of nitrogens with one attached hydrogen (secondary N) is 3. The molecule has 2 aromatic heterocycles. The molecule has 0 unspecified atom stereocenters. The molecular formula is C10H7FN6O. The first-order valence-electron chi connectivity index (χ1n) is 5.05. The minimum Gasteiger partial charge on any atom is -0.289 e. The largest absolute Gasteiger partial charge is 0.289 e. The van der Waals surface area contributed by atoms with E-state index in [4.69, 9.17) is 0 Å². The average Bonchev–Trinajstić information content (AvgIpc) is 2.98. The summed E-state index contributed by atoms with van der Waals surface area (Å²) in [5.74, 6) is -0.749. The lowest BCUT2D eigenvalue weighted by Gasteiger charge is -1.98. The molecule has 3 aromatic rings. The molecule has 0 aliphatic heterocycles. The number of H-pyrrole nitrogens is 2. The van der Waals surface area contributed by atoms with Crippen molar-refractivity contribution in [2.24, 2.45) is 0 Å². The monoisotopic (exact) mass is 246 g/mol. The van der Waals surface area contributed by atoms with Crippen LogP contribution < -0.4 is 5.32 Å². The topological polar surface area (TPSA) is 99.4 Å². The highest BCUT2D eigenvalue weighted by atomic mass is 19.1. The van der Waals surface area contributed by atoms with Crippen molar-refractivity contribution in [1.82, 2.24) is 25.4 Å². The minimum atomic E-state index is -0.484. The second kappa shape index (κ2) is 3.91. The molecule has 8 heteroatoms. The Bertz CT molecular complexity index is 704. The van der Waals surface area contributed by atoms with E-state index in [0.29, 0.717) is 5.39 Å². The van der Waals surface area contributed by atoms with Crippen LogP contribution >= 0.6 is 0 Å². The van der Waals surface area contributed by atoms with Crippen LogP contribution in [0.3, 0.4) is 0 Å². The fraction of sp³-hybridized carbons (Fsp3) is 0. The molecule has 3 rings (SSSR count). The number of amides is 1. The van der Waals surface area contributed by atoms with Gasteiger partial charge in [-0.3, -0.25) is 15.2 Å². The summed E-state index contributed by atoms with van der Waals surface area (Å²) in [6, 6.07) is 4.40. The number of carbonyl (C=O) groups is 1. The van der Waals surface area contributed by atoms with E-state index in [1.165, 1.54) is 18.5 Å². The van der Waals surface area contributed by atoms with Gasteiger partial charge in [-0.2, -0.15) is 15.2 Å². The fourth-order valence-electron chi connectivity index (χ4n) is 1.61. The van der Waals surface area contributed by atoms with Crippen molar-refractivity contribution >= 4 is 22.8 Å². The summed E-state index contributed by atoms with van der Waals surface area (Å²) in [4.78, 5) is 15.7. The first-order valence-corrected chi connectivity index (χ1v) is 5.05. The Balaban J connectivity index is 1.99. The summed E-state index contributed by atoms with van der Waals surface area (Å²) in [5.41, 5.74) is 0.293. The summed E-state index contributed by atoms with van der Waals surface area (Å²) < 4.78 is 13.4. The van der Waals surface area contributed by atoms with Gasteiger partial charge in [0.1, 0.15) is 17.5 Å². The summed E-state index contributed by atoms with van der Waals surface area (Å²) >= 11 is 0. The van der Waals surface area contributed by atoms with E-state index >= 15 is 0 Å². The number of aromatic nitrogens is 5. The number of rotatable bonds is 2. The van der Waals surface area contributed by atoms with Gasteiger partial charge in [0.25, 0.3) is 5.91 Å². The molecule has 18 heavy (non-hydrogen) atoms. The van der Waals surface area contributed by atoms with Gasteiger partial charge in [-0.05, 0) is 6.07 Å². The highest BCUT2D eigenvalue weighted by Gasteiger charge is 2.16. The molecular weight excluding hydrogens is 239 g/mol. The van der Waals surface area contributed by atoms with Crippen LogP contribution in [0, 0.1) is 5.82 Å². The van der Waals surface area contributed by atoms with E-state index < -0.39 is 11.7 Å². The Morgan fingerprint density at radius 3 is 3.00 bits per heavy atom. The van der Waals surface area contributed by atoms with E-state index in [2.05, 4.69) is 30.7 Å². The molecule has 7 nitrogen and oxygen atoms in total. The zero-order chi connectivity index (χ0) is 12.5. The van der Waals surface area contributed by atoms with Gasteiger partial charge >= 0.3 is 0 Å². The van der Waals surface area contributed by atoms with E-state index in [1.807, 2.05) is 0 Å². The molecule has 0 spiro atoms. The third kappa shape index (κ3) is 1.59. The van der Waals surface area contributed by atoms with Crippen molar-refractivity contribution < 1.29 is 9.18 Å². The molecule has 0 saturated carbocycles. The van der Waals surface area contributed by atoms with Gasteiger partial charge in [-0.15, -0.1) is 0 Å². The van der Waals surface area contributed by atoms with Crippen LogP contribution in [0.25, 0.3) is 10.9 Å². The Kier molecular flexibility index (Phi) is 2.26. The molecule has 0 fully saturated rings. The number of nitrogens with zero attached hydrogens (tertiary/aromatic N) is 3. The van der Waals surface area contributed by atoms with Gasteiger partial charge < -0.3 is 0 Å². The third-order valence-electron chi connectivity index (χ3n) is 2.41. The Morgan fingerprint density at radius 1 is 1.33 bits per heavy atom. The van der Waals surface area contributed by atoms with Crippen LogP contribution in [-0.4, -0.2) is 31.3 Å². The van der Waals surface area contributed by atoms with Crippen molar-refractivity contribution in [3.05, 3.63) is 36.0 Å². The maximum atomic E-state index is 13.4. The van der Waals surface area contributed by atoms with E-state index in [-0.39, 0.29) is 17.2 Å². The van der Waals surface area contributed by atoms with Crippen molar-refractivity contribution in [3.8, 4) is 0 Å². The molecule has 2 heterocycles. The molecule has 0 radical (unpaired) electrons. The van der Waals surface area contributed by atoms with Gasteiger partial charge in [0.15, 0.2) is 5.82 Å². The molecule has 1 amide bonds. The first kappa shape index (κ1) is 10.4. The van der Waals surface area contributed by atoms with Crippen molar-refractivity contribution in [3.63, 3.8) is 0 Å². The lowest BCUT2D eigenvalue weighted by Crippen LogP contribution is -2.13. The van der Waals surface area contributed by atoms with Crippen molar-refractivity contribution in [2.75, 3.05) is 5.32 Å². The normalized spacial score (nSPS) is 10.7. The number of benzene rings is 1. The summed E-state index contributed by atoms with van der Waals surface area (Å²) in [6.45, 7) is 0. The maximum Gasteiger partial charge on any atom is 0.276 e. The number of para-hydroxylation sites is 1. The number of aromatic amines is 2. The Morgan fingerprint density at radius 2 is 2.22 bits per heavy atom. The van der Waals surface area contributed by atoms with Crippen molar-refractivity contribution in [2.45, 2.75) is 0 Å². The average molecular weight is 246 g/mol. The van der Waals surface area contributed by atoms with Crippen LogP contribution in [0.5, 0.6) is 0 Å². The zero-order valence-electron chi connectivity index (χ0n) is 8.94. The third-order valence-corrected chi connectivity index (χ3v) is 2.41. The quantitative estimate of drug-likeness (QED) is 0.629. The number of hydrogen-bond donors (Lipinski definition) is 3. The number of hydrogen-bond acceptors (Lipinski definition) is 4. The van der Waals surface area contributed by atoms with Gasteiger partial charge in [-0.1, -0.05) is 12.1 Å². The Hall–Kier alpha value is -2.77. The standard InChI is InChI=1S/C10H7FN6O/c11-6-3-1-2-5-7(6)15-16-8(5)9(18)14-10-12-4-13-17-10/h1-4H,(H,15,16)(H2,12,13,14,17,18). The number of anilines is 1. The lowest BCUT2D eigenvalue weighted by molar-refractivity contribution is 0.102. The van der Waals surface area contributed by atoms with Crippen LogP contribution in [0.1, 0.15) is 10.5 Å². The predicted octanol–water partition coefficient (Wildman–Crippen LogP) is 1.07. The number of fused-ring (bicyclic) bond motifs is 1. The Labute approximate surface area is 99.4 Å². The molecule has 90 valence electrons. The molecule has 0 atom stereocenters. The summed E-state index contributed by atoms with van der Waals surface area (Å²) in [6.07, 6.45) is 1.26. The number of carbonyl (C=O) groups excluding carboxylic acids is 1. The minimum absolute atomic E-state index is 0.125. The van der Waals surface area contributed by atoms with Gasteiger partial charge in [0.05, 0.1) is 0 Å². The van der Waals surface area contributed by atoms with E-state index in [9.17, 15) is 9.18 Å². The molecule has 0 saturated heterocycles. The van der Waals surface area contributed by atoms with Crippen molar-refractivity contribution in [1.29, 1.82) is 0 Å². The lowest BCUT2D eigenvalue weighted by atomic mass is 10.2. The van der Waals surface area contributed by atoms with Gasteiger partial charge in [0.2, 0.25) is 5.95 Å². The van der Waals surface area contributed by atoms with Gasteiger partial charge in [-0.25, -0.2) is 9.49 Å². The summed E-state index contributed by atoms with van der Waals surface area (Å²) in [5, 5.41) is 15.2. The number of halogens is 1. The smallest absolute Gasteiger partial charge is 0.276 e. The zero-order valence-corrected chi connectivity index (χ0v) is 8.94. The second-order valence-corrected chi connectivity index (χ2v) is 3.52. The van der Waals surface area contributed by atoms with Crippen LogP contribution in [0.4, 0.5) is 10.3 Å². The first-order chi connectivity index (χ1) is 8.75. The van der Waals surface area contributed by atoms with Crippen LogP contribution in [-0.2, 0) is 0 Å². The van der Waals surface area contributed by atoms with Gasteiger partial charge in [0, 0.05) is 5.39 Å². The second-order valence-electron chi connectivity index (χ2n) is 3.52. The molecule has 1 aromatic carbocycles. The molecule has 0 aliphatic carbocycles. The summed E-state index contributed by atoms with van der Waals surface area (Å²) in [7, 11) is 0. The van der Waals surface area contributed by atoms with E-state index in [1.54, 1.807) is 6.07 Å². The predicted molar refractivity (Wildman–Crippen MR) is 60.4 cm³/mol. The fourth-order valence-corrected chi connectivity index (χ4v) is 1.61. The van der Waals surface area contributed by atoms with Crippen LogP contribution in [0.2, 0.25) is 0 Å². The highest BCUT2D eigenvalue weighted by Crippen LogP contribution is 2.18. The highest BCUT2D eigenvalue weighted by molar-refractivity contribution is 6.10. The SMILES string of the molecule is O=C(Nc1ncn[nH]1)c1[nH]nc2c(F)cccc12. The van der Waals surface area contributed by atoms with E-state index in [0.717, 1.165) is 0 Å². The molecule has 0 aliphatic rings. The maximum absolute atomic E-state index is 13.4. The molecule has 3 N–H and O–H groups in total. The molecule has 0 bridgehead atoms.